The lowest BCUT2D eigenvalue weighted by atomic mass is 9.47. The predicted octanol–water partition coefficient (Wildman–Crippen LogP) is 5.84. The van der Waals surface area contributed by atoms with Crippen LogP contribution in [0.4, 0.5) is 0 Å². The fraction of sp³-hybridized carbons (Fsp3) is 0.815. The van der Waals surface area contributed by atoms with Crippen LogP contribution in [0.3, 0.4) is 0 Å². The summed E-state index contributed by atoms with van der Waals surface area (Å²) in [6.45, 7) is 8.77. The molecule has 4 rings (SSSR count). The highest BCUT2D eigenvalue weighted by Gasteiger charge is 2.61. The third-order valence-corrected chi connectivity index (χ3v) is 10.1. The normalized spacial score (nSPS) is 41.6. The number of carbonyl (C=O) groups excluding carboxylic acids is 2. The summed E-state index contributed by atoms with van der Waals surface area (Å²) in [7, 11) is 0. The van der Waals surface area contributed by atoms with Crippen molar-refractivity contribution in [1.82, 2.24) is 0 Å². The second-order valence-corrected chi connectivity index (χ2v) is 11.8. The SMILES string of the molecule is CC(CCCC(C)[C@H]1C(=O)CC2C3CC=C4CC(=O)CC[C@]4(C)C3CC[C@@]21C)C(=O)O. The number of carboxylic acids is 1. The number of rotatable bonds is 6. The van der Waals surface area contributed by atoms with Gasteiger partial charge in [-0.05, 0) is 73.0 Å². The zero-order valence-electron chi connectivity index (χ0n) is 19.8. The average Bonchev–Trinajstić information content (AvgIpc) is 2.98. The summed E-state index contributed by atoms with van der Waals surface area (Å²) in [5.41, 5.74) is 1.61. The fourth-order valence-electron chi connectivity index (χ4n) is 8.31. The van der Waals surface area contributed by atoms with Crippen molar-refractivity contribution in [3.63, 3.8) is 0 Å². The van der Waals surface area contributed by atoms with Crippen molar-refractivity contribution in [2.24, 2.45) is 46.3 Å². The predicted molar refractivity (Wildman–Crippen MR) is 120 cm³/mol. The lowest BCUT2D eigenvalue weighted by Gasteiger charge is -2.57. The van der Waals surface area contributed by atoms with Gasteiger partial charge >= 0.3 is 5.97 Å². The molecule has 8 atom stereocenters. The van der Waals surface area contributed by atoms with E-state index in [1.54, 1.807) is 6.92 Å². The molecule has 4 aliphatic rings. The fourth-order valence-corrected chi connectivity index (χ4v) is 8.31. The van der Waals surface area contributed by atoms with E-state index in [-0.39, 0.29) is 22.7 Å². The van der Waals surface area contributed by atoms with Crippen molar-refractivity contribution in [2.75, 3.05) is 0 Å². The molecule has 0 spiro atoms. The number of Topliss-reactive ketones (excluding diaryl/α,β-unsaturated/α-hetero) is 2. The maximum absolute atomic E-state index is 13.3. The summed E-state index contributed by atoms with van der Waals surface area (Å²) in [6.07, 6.45) is 11.3. The molecule has 0 aromatic heterocycles. The zero-order chi connectivity index (χ0) is 22.6. The second-order valence-electron chi connectivity index (χ2n) is 11.8. The number of carboxylic acid groups (broad SMARTS) is 1. The molecule has 0 aliphatic heterocycles. The first kappa shape index (κ1) is 22.7. The van der Waals surface area contributed by atoms with E-state index in [1.807, 2.05) is 0 Å². The van der Waals surface area contributed by atoms with Crippen LogP contribution in [0, 0.1) is 46.3 Å². The smallest absolute Gasteiger partial charge is 0.306 e. The van der Waals surface area contributed by atoms with Gasteiger partial charge in [-0.25, -0.2) is 0 Å². The van der Waals surface area contributed by atoms with Gasteiger partial charge in [0.15, 0.2) is 0 Å². The lowest BCUT2D eigenvalue weighted by molar-refractivity contribution is -0.141. The van der Waals surface area contributed by atoms with E-state index in [4.69, 9.17) is 5.11 Å². The van der Waals surface area contributed by atoms with Gasteiger partial charge in [0.05, 0.1) is 5.92 Å². The molecule has 0 radical (unpaired) electrons. The van der Waals surface area contributed by atoms with Crippen LogP contribution in [0.15, 0.2) is 11.6 Å². The molecule has 3 fully saturated rings. The Balaban J connectivity index is 1.50. The Morgan fingerprint density at radius 3 is 2.61 bits per heavy atom. The van der Waals surface area contributed by atoms with Crippen LogP contribution in [-0.4, -0.2) is 22.6 Å². The molecule has 172 valence electrons. The van der Waals surface area contributed by atoms with Crippen molar-refractivity contribution in [3.8, 4) is 0 Å². The van der Waals surface area contributed by atoms with E-state index < -0.39 is 5.97 Å². The Bertz CT molecular complexity index is 797. The average molecular weight is 429 g/mol. The summed E-state index contributed by atoms with van der Waals surface area (Å²) >= 11 is 0. The molecule has 31 heavy (non-hydrogen) atoms. The van der Waals surface area contributed by atoms with E-state index in [9.17, 15) is 14.4 Å². The Morgan fingerprint density at radius 1 is 1.16 bits per heavy atom. The molecular weight excluding hydrogens is 388 g/mol. The molecule has 0 amide bonds. The summed E-state index contributed by atoms with van der Waals surface area (Å²) in [5.74, 6) is 1.87. The van der Waals surface area contributed by atoms with E-state index in [1.165, 1.54) is 12.0 Å². The van der Waals surface area contributed by atoms with Crippen LogP contribution < -0.4 is 0 Å². The first-order chi connectivity index (χ1) is 14.6. The maximum atomic E-state index is 13.3. The molecule has 0 aromatic carbocycles. The van der Waals surface area contributed by atoms with Gasteiger partial charge in [-0.15, -0.1) is 0 Å². The van der Waals surface area contributed by atoms with Crippen molar-refractivity contribution < 1.29 is 19.5 Å². The number of hydrogen-bond donors (Lipinski definition) is 1. The van der Waals surface area contributed by atoms with Crippen molar-refractivity contribution in [3.05, 3.63) is 11.6 Å². The summed E-state index contributed by atoms with van der Waals surface area (Å²) < 4.78 is 0. The number of carbonyl (C=O) groups is 3. The van der Waals surface area contributed by atoms with Gasteiger partial charge in [-0.3, -0.25) is 14.4 Å². The third-order valence-electron chi connectivity index (χ3n) is 10.1. The summed E-state index contributed by atoms with van der Waals surface area (Å²) in [4.78, 5) is 36.5. The van der Waals surface area contributed by atoms with Gasteiger partial charge in [0, 0.05) is 25.2 Å². The minimum atomic E-state index is -0.724. The Kier molecular flexibility index (Phi) is 5.98. The highest BCUT2D eigenvalue weighted by molar-refractivity contribution is 5.85. The molecule has 5 unspecified atom stereocenters. The van der Waals surface area contributed by atoms with Gasteiger partial charge in [0.2, 0.25) is 0 Å². The van der Waals surface area contributed by atoms with Crippen LogP contribution >= 0.6 is 0 Å². The van der Waals surface area contributed by atoms with Gasteiger partial charge in [0.1, 0.15) is 11.6 Å². The number of hydrogen-bond acceptors (Lipinski definition) is 3. The summed E-state index contributed by atoms with van der Waals surface area (Å²) in [6, 6.07) is 0. The standard InChI is InChI=1S/C27H40O4/c1-16(6-5-7-17(2)25(30)31)24-23(29)15-22-20-9-8-18-14-19(28)10-12-26(18,3)21(20)11-13-27(22,24)4/h8,16-17,20-22,24H,5-7,9-15H2,1-4H3,(H,30,31)/t16?,17?,20?,21?,22?,24-,26-,27-/m0/s1. The molecule has 0 heterocycles. The van der Waals surface area contributed by atoms with Gasteiger partial charge in [-0.1, -0.05) is 45.8 Å². The van der Waals surface area contributed by atoms with Crippen LogP contribution in [0.25, 0.3) is 0 Å². The molecule has 4 nitrogen and oxygen atoms in total. The van der Waals surface area contributed by atoms with Crippen molar-refractivity contribution in [2.45, 2.75) is 91.9 Å². The largest absolute Gasteiger partial charge is 0.481 e. The molecule has 0 bridgehead atoms. The van der Waals surface area contributed by atoms with E-state index in [2.05, 4.69) is 26.8 Å². The first-order valence-electron chi connectivity index (χ1n) is 12.5. The van der Waals surface area contributed by atoms with E-state index in [0.29, 0.717) is 54.5 Å². The second kappa shape index (κ2) is 8.15. The molecule has 1 N–H and O–H groups in total. The number of allylic oxidation sites excluding steroid dienone is 2. The van der Waals surface area contributed by atoms with Crippen LogP contribution in [0.2, 0.25) is 0 Å². The topological polar surface area (TPSA) is 71.4 Å². The highest BCUT2D eigenvalue weighted by atomic mass is 16.4. The quantitative estimate of drug-likeness (QED) is 0.539. The van der Waals surface area contributed by atoms with Gasteiger partial charge in [0.25, 0.3) is 0 Å². The zero-order valence-corrected chi connectivity index (χ0v) is 19.8. The van der Waals surface area contributed by atoms with Crippen LogP contribution in [0.5, 0.6) is 0 Å². The van der Waals surface area contributed by atoms with Crippen molar-refractivity contribution >= 4 is 17.5 Å². The molecule has 0 saturated heterocycles. The first-order valence-corrected chi connectivity index (χ1v) is 12.5. The van der Waals surface area contributed by atoms with E-state index in [0.717, 1.165) is 38.5 Å². The molecule has 4 aliphatic carbocycles. The number of ketones is 2. The monoisotopic (exact) mass is 428 g/mol. The van der Waals surface area contributed by atoms with Gasteiger partial charge in [-0.2, -0.15) is 0 Å². The highest BCUT2D eigenvalue weighted by Crippen LogP contribution is 2.66. The van der Waals surface area contributed by atoms with Crippen LogP contribution in [0.1, 0.15) is 91.9 Å². The lowest BCUT2D eigenvalue weighted by Crippen LogP contribution is -2.50. The van der Waals surface area contributed by atoms with Gasteiger partial charge < -0.3 is 5.11 Å². The molecule has 3 saturated carbocycles. The maximum Gasteiger partial charge on any atom is 0.306 e. The van der Waals surface area contributed by atoms with Crippen molar-refractivity contribution in [1.29, 1.82) is 0 Å². The Labute approximate surface area is 187 Å². The Morgan fingerprint density at radius 2 is 1.90 bits per heavy atom. The number of fused-ring (bicyclic) bond motifs is 5. The van der Waals surface area contributed by atoms with E-state index >= 15 is 0 Å². The molecule has 4 heteroatoms. The molecule has 0 aromatic rings. The third kappa shape index (κ3) is 3.72. The minimum absolute atomic E-state index is 0.0717. The minimum Gasteiger partial charge on any atom is -0.481 e. The number of aliphatic carboxylic acids is 1. The van der Waals surface area contributed by atoms with Crippen LogP contribution in [-0.2, 0) is 14.4 Å². The molecular formula is C27H40O4. The summed E-state index contributed by atoms with van der Waals surface area (Å²) in [5, 5.41) is 9.15. The Hall–Kier alpha value is -1.45.